The summed E-state index contributed by atoms with van der Waals surface area (Å²) >= 11 is 0. The lowest BCUT2D eigenvalue weighted by Gasteiger charge is -2.19. The summed E-state index contributed by atoms with van der Waals surface area (Å²) in [5, 5.41) is 0. The molecule has 1 heterocycles. The maximum absolute atomic E-state index is 12.7. The first-order chi connectivity index (χ1) is 9.54. The van der Waals surface area contributed by atoms with Gasteiger partial charge in [0.2, 0.25) is 10.0 Å². The highest BCUT2D eigenvalue weighted by atomic mass is 32.2. The van der Waals surface area contributed by atoms with Crippen molar-refractivity contribution >= 4 is 10.0 Å². The Morgan fingerprint density at radius 3 is 2.60 bits per heavy atom. The van der Waals surface area contributed by atoms with E-state index in [1.165, 1.54) is 0 Å². The molecule has 1 fully saturated rings. The zero-order valence-corrected chi connectivity index (χ0v) is 13.2. The molecule has 1 aliphatic carbocycles. The Labute approximate surface area is 121 Å². The molecule has 1 aromatic heterocycles. The minimum atomic E-state index is -3.38. The Balaban J connectivity index is 2.28. The molecule has 1 aromatic rings. The molecule has 6 heteroatoms. The molecule has 0 unspecified atom stereocenters. The Hall–Kier alpha value is -0.850. The number of nitrogens with two attached hydrogens (primary N) is 1. The highest BCUT2D eigenvalue weighted by Crippen LogP contribution is 2.37. The maximum atomic E-state index is 12.7. The molecule has 0 aromatic carbocycles. The number of sulfonamides is 1. The van der Waals surface area contributed by atoms with Crippen LogP contribution in [0.1, 0.15) is 51.3 Å². The summed E-state index contributed by atoms with van der Waals surface area (Å²) < 4.78 is 28.9. The van der Waals surface area contributed by atoms with Crippen molar-refractivity contribution in [3.63, 3.8) is 0 Å². The van der Waals surface area contributed by atoms with Crippen LogP contribution >= 0.6 is 0 Å². The minimum Gasteiger partial charge on any atom is -0.346 e. The Kier molecular flexibility index (Phi) is 4.88. The van der Waals surface area contributed by atoms with Crippen molar-refractivity contribution in [2.24, 2.45) is 5.73 Å². The highest BCUT2D eigenvalue weighted by Gasteiger charge is 2.30. The molecule has 0 saturated heterocycles. The van der Waals surface area contributed by atoms with Gasteiger partial charge >= 0.3 is 0 Å². The fourth-order valence-electron chi connectivity index (χ4n) is 2.43. The number of hydrogen-bond acceptors (Lipinski definition) is 3. The predicted molar refractivity (Wildman–Crippen MR) is 79.9 cm³/mol. The van der Waals surface area contributed by atoms with E-state index < -0.39 is 10.0 Å². The average molecular weight is 299 g/mol. The molecule has 0 aliphatic heterocycles. The van der Waals surface area contributed by atoms with E-state index in [0.29, 0.717) is 30.6 Å². The van der Waals surface area contributed by atoms with E-state index in [0.717, 1.165) is 31.4 Å². The van der Waals surface area contributed by atoms with Gasteiger partial charge in [-0.25, -0.2) is 8.42 Å². The van der Waals surface area contributed by atoms with Gasteiger partial charge in [-0.15, -0.1) is 0 Å². The largest absolute Gasteiger partial charge is 0.346 e. The van der Waals surface area contributed by atoms with Crippen molar-refractivity contribution in [3.8, 4) is 0 Å². The molecule has 0 bridgehead atoms. The first-order valence-corrected chi connectivity index (χ1v) is 8.89. The Morgan fingerprint density at radius 2 is 2.10 bits per heavy atom. The fraction of sp³-hybridized carbons (Fsp3) is 0.714. The van der Waals surface area contributed by atoms with Crippen molar-refractivity contribution in [2.45, 2.75) is 57.0 Å². The second-order valence-electron chi connectivity index (χ2n) is 5.36. The van der Waals surface area contributed by atoms with E-state index in [1.54, 1.807) is 16.6 Å². The second-order valence-corrected chi connectivity index (χ2v) is 7.30. The molecule has 5 nitrogen and oxygen atoms in total. The standard InChI is InChI=1S/C14H25N3O2S/c1-3-5-8-16(4-2)20(18,19)14-9-13(10-15)17(11-14)12-6-7-12/h9,11-12H,3-8,10,15H2,1-2H3. The fourth-order valence-corrected chi connectivity index (χ4v) is 3.97. The number of nitrogens with zero attached hydrogens (tertiary/aromatic N) is 2. The van der Waals surface area contributed by atoms with Crippen LogP contribution in [0.3, 0.4) is 0 Å². The van der Waals surface area contributed by atoms with Gasteiger partial charge in [0.25, 0.3) is 0 Å². The molecule has 114 valence electrons. The molecular formula is C14H25N3O2S. The first-order valence-electron chi connectivity index (χ1n) is 7.45. The number of hydrogen-bond donors (Lipinski definition) is 1. The minimum absolute atomic E-state index is 0.382. The third-order valence-corrected chi connectivity index (χ3v) is 5.75. The molecule has 1 saturated carbocycles. The number of rotatable bonds is 8. The number of aromatic nitrogens is 1. The molecule has 0 radical (unpaired) electrons. The second kappa shape index (κ2) is 6.28. The van der Waals surface area contributed by atoms with Gasteiger partial charge in [-0.3, -0.25) is 0 Å². The summed E-state index contributed by atoms with van der Waals surface area (Å²) in [7, 11) is -3.38. The lowest BCUT2D eigenvalue weighted by atomic mass is 10.3. The van der Waals surface area contributed by atoms with Gasteiger partial charge in [0.15, 0.2) is 0 Å². The molecular weight excluding hydrogens is 274 g/mol. The van der Waals surface area contributed by atoms with E-state index in [9.17, 15) is 8.42 Å². The van der Waals surface area contributed by atoms with E-state index >= 15 is 0 Å². The van der Waals surface area contributed by atoms with Crippen molar-refractivity contribution in [2.75, 3.05) is 13.1 Å². The van der Waals surface area contributed by atoms with E-state index in [1.807, 2.05) is 11.5 Å². The highest BCUT2D eigenvalue weighted by molar-refractivity contribution is 7.89. The predicted octanol–water partition coefficient (Wildman–Crippen LogP) is 2.09. The summed E-state index contributed by atoms with van der Waals surface area (Å²) in [6.07, 6.45) is 5.89. The monoisotopic (exact) mass is 299 g/mol. The van der Waals surface area contributed by atoms with Gasteiger partial charge in [0.05, 0.1) is 0 Å². The molecule has 0 atom stereocenters. The third kappa shape index (κ3) is 3.07. The van der Waals surface area contributed by atoms with Crippen molar-refractivity contribution < 1.29 is 8.42 Å². The van der Waals surface area contributed by atoms with Crippen LogP contribution in [-0.4, -0.2) is 30.4 Å². The number of unbranched alkanes of at least 4 members (excludes halogenated alkanes) is 1. The van der Waals surface area contributed by atoms with Gasteiger partial charge in [0.1, 0.15) is 4.90 Å². The normalized spacial score (nSPS) is 16.0. The van der Waals surface area contributed by atoms with Gasteiger partial charge in [-0.05, 0) is 25.3 Å². The van der Waals surface area contributed by atoms with Gasteiger partial charge in [-0.2, -0.15) is 4.31 Å². The molecule has 0 spiro atoms. The Morgan fingerprint density at radius 1 is 1.40 bits per heavy atom. The lowest BCUT2D eigenvalue weighted by molar-refractivity contribution is 0.419. The van der Waals surface area contributed by atoms with Crippen LogP contribution in [0.2, 0.25) is 0 Å². The van der Waals surface area contributed by atoms with Crippen LogP contribution < -0.4 is 5.73 Å². The van der Waals surface area contributed by atoms with Crippen LogP contribution in [0.25, 0.3) is 0 Å². The van der Waals surface area contributed by atoms with E-state index in [-0.39, 0.29) is 0 Å². The lowest BCUT2D eigenvalue weighted by Crippen LogP contribution is -2.31. The van der Waals surface area contributed by atoms with Crippen molar-refractivity contribution in [1.29, 1.82) is 0 Å². The summed E-state index contributed by atoms with van der Waals surface area (Å²) in [6.45, 7) is 5.43. The van der Waals surface area contributed by atoms with Crippen LogP contribution in [0, 0.1) is 0 Å². The van der Waals surface area contributed by atoms with Crippen LogP contribution in [0.15, 0.2) is 17.2 Å². The zero-order valence-electron chi connectivity index (χ0n) is 12.4. The summed E-state index contributed by atoms with van der Waals surface area (Å²) in [6, 6.07) is 2.19. The van der Waals surface area contributed by atoms with Gasteiger partial charge in [0, 0.05) is 37.6 Å². The molecule has 1 aliphatic rings. The van der Waals surface area contributed by atoms with Crippen LogP contribution in [-0.2, 0) is 16.6 Å². The first kappa shape index (κ1) is 15.5. The molecule has 20 heavy (non-hydrogen) atoms. The quantitative estimate of drug-likeness (QED) is 0.799. The third-order valence-electron chi connectivity index (χ3n) is 3.81. The van der Waals surface area contributed by atoms with Gasteiger partial charge in [-0.1, -0.05) is 20.3 Å². The molecule has 0 amide bonds. The summed E-state index contributed by atoms with van der Waals surface area (Å²) in [5.41, 5.74) is 6.65. The van der Waals surface area contributed by atoms with Crippen LogP contribution in [0.5, 0.6) is 0 Å². The Bertz CT molecular complexity index is 547. The van der Waals surface area contributed by atoms with Crippen molar-refractivity contribution in [3.05, 3.63) is 18.0 Å². The van der Waals surface area contributed by atoms with Crippen LogP contribution in [0.4, 0.5) is 0 Å². The maximum Gasteiger partial charge on any atom is 0.244 e. The smallest absolute Gasteiger partial charge is 0.244 e. The summed E-state index contributed by atoms with van der Waals surface area (Å²) in [5.74, 6) is 0. The SMILES string of the molecule is CCCCN(CC)S(=O)(=O)c1cc(CN)n(C2CC2)c1. The molecule has 2 N–H and O–H groups in total. The van der Waals surface area contributed by atoms with Gasteiger partial charge < -0.3 is 10.3 Å². The van der Waals surface area contributed by atoms with Crippen molar-refractivity contribution in [1.82, 2.24) is 8.87 Å². The summed E-state index contributed by atoms with van der Waals surface area (Å²) in [4.78, 5) is 0.391. The van der Waals surface area contributed by atoms with E-state index in [2.05, 4.69) is 6.92 Å². The average Bonchev–Trinajstić information content (AvgIpc) is 3.18. The topological polar surface area (TPSA) is 68.3 Å². The molecule has 2 rings (SSSR count). The van der Waals surface area contributed by atoms with E-state index in [4.69, 9.17) is 5.73 Å². The zero-order chi connectivity index (χ0) is 14.8.